The van der Waals surface area contributed by atoms with Crippen molar-refractivity contribution in [3.63, 3.8) is 0 Å². The maximum atomic E-state index is 12.9. The molecule has 2 aliphatic rings. The summed E-state index contributed by atoms with van der Waals surface area (Å²) in [5.74, 6) is -0.130. The van der Waals surface area contributed by atoms with Crippen LogP contribution in [0.5, 0.6) is 0 Å². The second-order valence-electron chi connectivity index (χ2n) is 6.18. The summed E-state index contributed by atoms with van der Waals surface area (Å²) >= 11 is 6.18. The van der Waals surface area contributed by atoms with E-state index in [1.807, 2.05) is 4.90 Å². The second-order valence-corrected chi connectivity index (χ2v) is 6.55. The van der Waals surface area contributed by atoms with Crippen molar-refractivity contribution in [2.45, 2.75) is 50.4 Å². The zero-order valence-corrected chi connectivity index (χ0v) is 13.9. The summed E-state index contributed by atoms with van der Waals surface area (Å²) in [7, 11) is 3.46. The van der Waals surface area contributed by atoms with Crippen LogP contribution in [0.2, 0.25) is 5.02 Å². The van der Waals surface area contributed by atoms with Crippen LogP contribution in [0, 0.1) is 6.92 Å². The molecule has 0 spiro atoms. The van der Waals surface area contributed by atoms with Crippen LogP contribution in [0.1, 0.15) is 41.9 Å². The molecule has 1 saturated heterocycles. The van der Waals surface area contributed by atoms with E-state index in [9.17, 15) is 4.79 Å². The summed E-state index contributed by atoms with van der Waals surface area (Å²) in [5.41, 5.74) is 0.744. The first-order chi connectivity index (χ1) is 10.5. The minimum absolute atomic E-state index is 0.0109. The van der Waals surface area contributed by atoms with Crippen LogP contribution in [0.15, 0.2) is 0 Å². The standard InChI is InChI=1S/C15H22ClN3O3/c1-9-12(16)13(18-17-9)14(20)19-7-6-15(22-3)5-4-10(21-2)8-11(15)19/h10-11H,4-8H2,1-3H3,(H,17,18)/t10-,11-,15+/m0/s1. The van der Waals surface area contributed by atoms with Crippen LogP contribution in [0.25, 0.3) is 0 Å². The molecule has 1 aromatic heterocycles. The number of likely N-dealkylation sites (tertiary alicyclic amines) is 1. The van der Waals surface area contributed by atoms with Gasteiger partial charge < -0.3 is 14.4 Å². The zero-order valence-electron chi connectivity index (χ0n) is 13.2. The number of hydrogen-bond donors (Lipinski definition) is 1. The van der Waals surface area contributed by atoms with E-state index in [1.54, 1.807) is 21.1 Å². The maximum absolute atomic E-state index is 12.9. The fraction of sp³-hybridized carbons (Fsp3) is 0.733. The van der Waals surface area contributed by atoms with Gasteiger partial charge in [-0.15, -0.1) is 0 Å². The van der Waals surface area contributed by atoms with Crippen molar-refractivity contribution in [2.75, 3.05) is 20.8 Å². The highest BCUT2D eigenvalue weighted by molar-refractivity contribution is 6.34. The van der Waals surface area contributed by atoms with E-state index in [0.29, 0.717) is 23.0 Å². The van der Waals surface area contributed by atoms with Crippen LogP contribution in [-0.2, 0) is 9.47 Å². The first-order valence-electron chi connectivity index (χ1n) is 7.62. The number of amides is 1. The predicted molar refractivity (Wildman–Crippen MR) is 82.2 cm³/mol. The van der Waals surface area contributed by atoms with Crippen LogP contribution in [0.4, 0.5) is 0 Å². The van der Waals surface area contributed by atoms with Gasteiger partial charge >= 0.3 is 0 Å². The summed E-state index contributed by atoms with van der Waals surface area (Å²) in [4.78, 5) is 14.7. The lowest BCUT2D eigenvalue weighted by Gasteiger charge is -2.43. The summed E-state index contributed by atoms with van der Waals surface area (Å²) in [6, 6.07) is 0.0109. The van der Waals surface area contributed by atoms with E-state index in [1.165, 1.54) is 0 Å². The Morgan fingerprint density at radius 2 is 2.23 bits per heavy atom. The van der Waals surface area contributed by atoms with Crippen molar-refractivity contribution in [2.24, 2.45) is 0 Å². The Labute approximate surface area is 135 Å². The summed E-state index contributed by atoms with van der Waals surface area (Å²) in [6.45, 7) is 2.47. The van der Waals surface area contributed by atoms with Crippen molar-refractivity contribution in [1.82, 2.24) is 15.1 Å². The Kier molecular flexibility index (Phi) is 4.18. The van der Waals surface area contributed by atoms with Gasteiger partial charge in [-0.25, -0.2) is 0 Å². The van der Waals surface area contributed by atoms with Gasteiger partial charge in [-0.3, -0.25) is 9.89 Å². The molecule has 2 heterocycles. The number of aromatic amines is 1. The van der Waals surface area contributed by atoms with Crippen molar-refractivity contribution >= 4 is 17.5 Å². The SMILES string of the molecule is CO[C@H]1CC[C@@]2(OC)CCN(C(=O)c3n[nH]c(C)c3Cl)[C@H]2C1. The van der Waals surface area contributed by atoms with Gasteiger partial charge in [-0.05, 0) is 32.6 Å². The monoisotopic (exact) mass is 327 g/mol. The Bertz CT molecular complexity index is 576. The molecule has 1 aliphatic heterocycles. The number of carbonyl (C=O) groups excluding carboxylic acids is 1. The van der Waals surface area contributed by atoms with Gasteiger partial charge in [0.2, 0.25) is 0 Å². The highest BCUT2D eigenvalue weighted by Gasteiger charge is 2.53. The molecular weight excluding hydrogens is 306 g/mol. The van der Waals surface area contributed by atoms with Gasteiger partial charge in [0.25, 0.3) is 5.91 Å². The average molecular weight is 328 g/mol. The smallest absolute Gasteiger partial charge is 0.276 e. The number of fused-ring (bicyclic) bond motifs is 1. The Balaban J connectivity index is 1.88. The number of aryl methyl sites for hydroxylation is 1. The lowest BCUT2D eigenvalue weighted by atomic mass is 9.79. The molecule has 0 radical (unpaired) electrons. The van der Waals surface area contributed by atoms with Crippen LogP contribution in [0.3, 0.4) is 0 Å². The van der Waals surface area contributed by atoms with Crippen molar-refractivity contribution in [1.29, 1.82) is 0 Å². The predicted octanol–water partition coefficient (Wildman–Crippen LogP) is 2.17. The van der Waals surface area contributed by atoms with Crippen molar-refractivity contribution in [3.05, 3.63) is 16.4 Å². The van der Waals surface area contributed by atoms with Gasteiger partial charge in [0.15, 0.2) is 5.69 Å². The number of nitrogens with zero attached hydrogens (tertiary/aromatic N) is 2. The molecule has 0 bridgehead atoms. The molecule has 1 amide bonds. The molecule has 1 aliphatic carbocycles. The Hall–Kier alpha value is -1.11. The second kappa shape index (κ2) is 5.83. The Morgan fingerprint density at radius 3 is 2.82 bits per heavy atom. The first kappa shape index (κ1) is 15.8. The average Bonchev–Trinajstić information content (AvgIpc) is 3.08. The summed E-state index contributed by atoms with van der Waals surface area (Å²) in [5, 5.41) is 7.24. The Morgan fingerprint density at radius 1 is 1.45 bits per heavy atom. The minimum Gasteiger partial charge on any atom is -0.381 e. The molecule has 122 valence electrons. The lowest BCUT2D eigenvalue weighted by Crippen LogP contribution is -2.53. The first-order valence-corrected chi connectivity index (χ1v) is 7.99. The van der Waals surface area contributed by atoms with Crippen LogP contribution in [-0.4, -0.2) is 59.5 Å². The molecule has 1 aromatic rings. The molecule has 22 heavy (non-hydrogen) atoms. The van der Waals surface area contributed by atoms with Crippen molar-refractivity contribution in [3.8, 4) is 0 Å². The van der Waals surface area contributed by atoms with Gasteiger partial charge in [0, 0.05) is 20.8 Å². The normalized spacial score (nSPS) is 31.4. The molecule has 6 nitrogen and oxygen atoms in total. The number of hydrogen-bond acceptors (Lipinski definition) is 4. The third-order valence-electron chi connectivity index (χ3n) is 5.21. The van der Waals surface area contributed by atoms with Gasteiger partial charge in [-0.1, -0.05) is 11.6 Å². The number of nitrogens with one attached hydrogen (secondary N) is 1. The molecule has 3 rings (SSSR count). The molecular formula is C15H22ClN3O3. The molecule has 0 unspecified atom stereocenters. The third kappa shape index (κ3) is 2.33. The largest absolute Gasteiger partial charge is 0.381 e. The van der Waals surface area contributed by atoms with Crippen LogP contribution < -0.4 is 0 Å². The van der Waals surface area contributed by atoms with E-state index in [2.05, 4.69) is 10.2 Å². The number of H-pyrrole nitrogens is 1. The molecule has 1 N–H and O–H groups in total. The summed E-state index contributed by atoms with van der Waals surface area (Å²) in [6.07, 6.45) is 3.67. The summed E-state index contributed by atoms with van der Waals surface area (Å²) < 4.78 is 11.3. The fourth-order valence-electron chi connectivity index (χ4n) is 3.81. The fourth-order valence-corrected chi connectivity index (χ4v) is 3.98. The topological polar surface area (TPSA) is 67.5 Å². The van der Waals surface area contributed by atoms with E-state index in [0.717, 1.165) is 25.7 Å². The van der Waals surface area contributed by atoms with Gasteiger partial charge in [-0.2, -0.15) is 5.10 Å². The van der Waals surface area contributed by atoms with E-state index in [4.69, 9.17) is 21.1 Å². The molecule has 2 fully saturated rings. The van der Waals surface area contributed by atoms with Gasteiger partial charge in [0.1, 0.15) is 0 Å². The zero-order chi connectivity index (χ0) is 15.9. The third-order valence-corrected chi connectivity index (χ3v) is 5.67. The quantitative estimate of drug-likeness (QED) is 0.924. The molecule has 0 aromatic carbocycles. The maximum Gasteiger partial charge on any atom is 0.276 e. The van der Waals surface area contributed by atoms with E-state index < -0.39 is 0 Å². The van der Waals surface area contributed by atoms with E-state index in [-0.39, 0.29) is 23.7 Å². The number of rotatable bonds is 3. The highest BCUT2D eigenvalue weighted by Crippen LogP contribution is 2.43. The number of methoxy groups -OCH3 is 2. The number of ether oxygens (including phenoxy) is 2. The van der Waals surface area contributed by atoms with E-state index >= 15 is 0 Å². The molecule has 1 saturated carbocycles. The van der Waals surface area contributed by atoms with Crippen molar-refractivity contribution < 1.29 is 14.3 Å². The molecule has 3 atom stereocenters. The highest BCUT2D eigenvalue weighted by atomic mass is 35.5. The number of aromatic nitrogens is 2. The number of carbonyl (C=O) groups is 1. The van der Waals surface area contributed by atoms with Crippen LogP contribution >= 0.6 is 11.6 Å². The lowest BCUT2D eigenvalue weighted by molar-refractivity contribution is -0.0894. The minimum atomic E-state index is -0.261. The number of halogens is 1. The van der Waals surface area contributed by atoms with Gasteiger partial charge in [0.05, 0.1) is 28.5 Å². The molecule has 7 heteroatoms.